The fraction of sp³-hybridized carbons (Fsp3) is 0.0909. The molecule has 110 valence electrons. The van der Waals surface area contributed by atoms with Crippen LogP contribution in [0.4, 0.5) is 0 Å². The van der Waals surface area contributed by atoms with Gasteiger partial charge in [0.1, 0.15) is 0 Å². The molecule has 0 saturated heterocycles. The topological polar surface area (TPSA) is 0 Å². The van der Waals surface area contributed by atoms with Gasteiger partial charge >= 0.3 is 0 Å². The third kappa shape index (κ3) is 1.97. The summed E-state index contributed by atoms with van der Waals surface area (Å²) in [5, 5.41) is 4.49. The van der Waals surface area contributed by atoms with Gasteiger partial charge in [-0.3, -0.25) is 0 Å². The van der Waals surface area contributed by atoms with Gasteiger partial charge in [0.15, 0.2) is 0 Å². The van der Waals surface area contributed by atoms with Gasteiger partial charge in [-0.15, -0.1) is 0 Å². The number of allylic oxidation sites excluding steroid dienone is 9. The van der Waals surface area contributed by atoms with Crippen LogP contribution in [0.25, 0.3) is 6.08 Å². The monoisotopic (exact) mass is 312 g/mol. The molecule has 1 aromatic heterocycles. The lowest BCUT2D eigenvalue weighted by atomic mass is 9.69. The summed E-state index contributed by atoms with van der Waals surface area (Å²) in [7, 11) is 0. The molecule has 23 heavy (non-hydrogen) atoms. The standard InChI is InChI=1S/C22H16S/c1-3-7-19-15(5-1)9-10-17-13-16-6-2-4-8-20(16)22(21(17)19)18-11-12-23-14-18/h1-15,22H. The van der Waals surface area contributed by atoms with Gasteiger partial charge in [-0.05, 0) is 56.3 Å². The normalized spacial score (nSPS) is 24.1. The molecule has 1 heterocycles. The Bertz CT molecular complexity index is 917. The Kier molecular flexibility index (Phi) is 2.89. The van der Waals surface area contributed by atoms with E-state index in [9.17, 15) is 0 Å². The molecule has 0 N–H and O–H groups in total. The van der Waals surface area contributed by atoms with Gasteiger partial charge in [0.2, 0.25) is 0 Å². The number of rotatable bonds is 1. The Labute approximate surface area is 140 Å². The molecule has 0 fully saturated rings. The highest BCUT2D eigenvalue weighted by atomic mass is 32.1. The van der Waals surface area contributed by atoms with Gasteiger partial charge in [-0.2, -0.15) is 11.3 Å². The molecule has 0 spiro atoms. The molecule has 0 bridgehead atoms. The molecule has 1 heteroatoms. The number of fused-ring (bicyclic) bond motifs is 3. The second kappa shape index (κ2) is 5.07. The molecule has 0 amide bonds. The summed E-state index contributed by atoms with van der Waals surface area (Å²) in [6.07, 6.45) is 15.9. The second-order valence-corrected chi connectivity index (χ2v) is 7.00. The van der Waals surface area contributed by atoms with Crippen LogP contribution in [0.15, 0.2) is 94.3 Å². The summed E-state index contributed by atoms with van der Waals surface area (Å²) >= 11 is 1.78. The van der Waals surface area contributed by atoms with Gasteiger partial charge in [0.25, 0.3) is 0 Å². The number of hydrogen-bond acceptors (Lipinski definition) is 1. The fourth-order valence-corrected chi connectivity index (χ4v) is 4.62. The van der Waals surface area contributed by atoms with Crippen molar-refractivity contribution in [2.24, 2.45) is 5.92 Å². The van der Waals surface area contributed by atoms with Gasteiger partial charge < -0.3 is 0 Å². The van der Waals surface area contributed by atoms with E-state index in [2.05, 4.69) is 83.6 Å². The molecular formula is C22H16S. The Balaban J connectivity index is 1.82. The SMILES string of the molecule is C1=CC2=C3C(=Cc4ccccc4C3c3ccsc3)C=CC2C=C1. The van der Waals surface area contributed by atoms with Crippen molar-refractivity contribution in [1.82, 2.24) is 0 Å². The van der Waals surface area contributed by atoms with E-state index in [1.165, 1.54) is 33.4 Å². The highest BCUT2D eigenvalue weighted by Crippen LogP contribution is 2.48. The van der Waals surface area contributed by atoms with Crippen LogP contribution in [-0.4, -0.2) is 0 Å². The molecule has 5 rings (SSSR count). The zero-order valence-corrected chi connectivity index (χ0v) is 13.5. The van der Waals surface area contributed by atoms with Crippen molar-refractivity contribution >= 4 is 17.4 Å². The zero-order chi connectivity index (χ0) is 15.2. The average molecular weight is 312 g/mol. The molecule has 3 aliphatic rings. The van der Waals surface area contributed by atoms with Crippen molar-refractivity contribution in [3.63, 3.8) is 0 Å². The molecule has 2 unspecified atom stereocenters. The van der Waals surface area contributed by atoms with Crippen LogP contribution < -0.4 is 0 Å². The van der Waals surface area contributed by atoms with Gasteiger partial charge in [-0.25, -0.2) is 0 Å². The predicted molar refractivity (Wildman–Crippen MR) is 98.5 cm³/mol. The maximum Gasteiger partial charge on any atom is 0.0363 e. The van der Waals surface area contributed by atoms with Crippen LogP contribution in [0.1, 0.15) is 22.6 Å². The molecule has 1 aromatic carbocycles. The highest BCUT2D eigenvalue weighted by molar-refractivity contribution is 7.08. The Morgan fingerprint density at radius 1 is 0.913 bits per heavy atom. The summed E-state index contributed by atoms with van der Waals surface area (Å²) in [6.45, 7) is 0. The molecule has 3 aliphatic carbocycles. The van der Waals surface area contributed by atoms with E-state index in [4.69, 9.17) is 0 Å². The van der Waals surface area contributed by atoms with Crippen LogP contribution in [0, 0.1) is 5.92 Å². The summed E-state index contributed by atoms with van der Waals surface area (Å²) < 4.78 is 0. The van der Waals surface area contributed by atoms with Gasteiger partial charge in [0, 0.05) is 11.8 Å². The summed E-state index contributed by atoms with van der Waals surface area (Å²) in [5.74, 6) is 0.759. The van der Waals surface area contributed by atoms with Crippen molar-refractivity contribution in [2.45, 2.75) is 5.92 Å². The van der Waals surface area contributed by atoms with E-state index in [-0.39, 0.29) is 0 Å². The molecule has 0 saturated carbocycles. The highest BCUT2D eigenvalue weighted by Gasteiger charge is 2.32. The molecule has 0 aliphatic heterocycles. The number of thiophene rings is 1. The van der Waals surface area contributed by atoms with Crippen LogP contribution in [0.5, 0.6) is 0 Å². The minimum absolute atomic E-state index is 0.344. The first-order valence-electron chi connectivity index (χ1n) is 8.02. The summed E-state index contributed by atoms with van der Waals surface area (Å²) in [5.41, 5.74) is 8.48. The largest absolute Gasteiger partial charge is 0.152 e. The van der Waals surface area contributed by atoms with Crippen LogP contribution in [0.2, 0.25) is 0 Å². The first kappa shape index (κ1) is 13.1. The quantitative estimate of drug-likeness (QED) is 0.616. The zero-order valence-electron chi connectivity index (χ0n) is 12.6. The second-order valence-electron chi connectivity index (χ2n) is 6.22. The van der Waals surface area contributed by atoms with E-state index in [1.54, 1.807) is 11.3 Å². The predicted octanol–water partition coefficient (Wildman–Crippen LogP) is 5.89. The third-order valence-electron chi connectivity index (χ3n) is 4.95. The molecule has 2 atom stereocenters. The molecule has 2 aromatic rings. The Morgan fingerprint density at radius 2 is 1.87 bits per heavy atom. The Hall–Kier alpha value is -2.38. The summed E-state index contributed by atoms with van der Waals surface area (Å²) in [6, 6.07) is 11.1. The van der Waals surface area contributed by atoms with Crippen molar-refractivity contribution < 1.29 is 0 Å². The molecule has 0 radical (unpaired) electrons. The van der Waals surface area contributed by atoms with Crippen LogP contribution in [0.3, 0.4) is 0 Å². The first-order valence-corrected chi connectivity index (χ1v) is 8.96. The minimum atomic E-state index is 0.344. The maximum atomic E-state index is 2.35. The van der Waals surface area contributed by atoms with Crippen LogP contribution >= 0.6 is 11.3 Å². The smallest absolute Gasteiger partial charge is 0.0363 e. The van der Waals surface area contributed by atoms with Gasteiger partial charge in [0.05, 0.1) is 0 Å². The molecular weight excluding hydrogens is 296 g/mol. The van der Waals surface area contributed by atoms with E-state index < -0.39 is 0 Å². The van der Waals surface area contributed by atoms with E-state index in [1.807, 2.05) is 0 Å². The maximum absolute atomic E-state index is 2.35. The first-order chi connectivity index (χ1) is 11.4. The minimum Gasteiger partial charge on any atom is -0.152 e. The Morgan fingerprint density at radius 3 is 2.78 bits per heavy atom. The van der Waals surface area contributed by atoms with Crippen molar-refractivity contribution in [1.29, 1.82) is 0 Å². The van der Waals surface area contributed by atoms with E-state index >= 15 is 0 Å². The van der Waals surface area contributed by atoms with Crippen molar-refractivity contribution in [3.8, 4) is 0 Å². The van der Waals surface area contributed by atoms with Crippen LogP contribution in [-0.2, 0) is 0 Å². The van der Waals surface area contributed by atoms with Crippen molar-refractivity contribution in [3.05, 3.63) is 111 Å². The lowest BCUT2D eigenvalue weighted by Crippen LogP contribution is -2.18. The van der Waals surface area contributed by atoms with Gasteiger partial charge in [-0.1, -0.05) is 60.7 Å². The third-order valence-corrected chi connectivity index (χ3v) is 5.65. The fourth-order valence-electron chi connectivity index (χ4n) is 3.93. The molecule has 0 nitrogen and oxygen atoms in total. The average Bonchev–Trinajstić information content (AvgIpc) is 3.14. The van der Waals surface area contributed by atoms with E-state index in [0.717, 1.165) is 0 Å². The summed E-state index contributed by atoms with van der Waals surface area (Å²) in [4.78, 5) is 0. The van der Waals surface area contributed by atoms with E-state index in [0.29, 0.717) is 11.8 Å². The lowest BCUT2D eigenvalue weighted by molar-refractivity contribution is 0.869. The lowest BCUT2D eigenvalue weighted by Gasteiger charge is -2.34. The number of benzene rings is 1. The number of hydrogen-bond donors (Lipinski definition) is 0. The van der Waals surface area contributed by atoms with Crippen molar-refractivity contribution in [2.75, 3.05) is 0 Å².